The summed E-state index contributed by atoms with van der Waals surface area (Å²) in [4.78, 5) is 23.0. The van der Waals surface area contributed by atoms with Gasteiger partial charge < -0.3 is 9.67 Å². The van der Waals surface area contributed by atoms with E-state index in [9.17, 15) is 9.59 Å². The lowest BCUT2D eigenvalue weighted by molar-refractivity contribution is -0.137. The van der Waals surface area contributed by atoms with Gasteiger partial charge in [0.2, 0.25) is 0 Å². The molecule has 0 spiro atoms. The highest BCUT2D eigenvalue weighted by molar-refractivity contribution is 5.68. The lowest BCUT2D eigenvalue weighted by atomic mass is 10.1. The molecule has 0 saturated carbocycles. The first-order valence-corrected chi connectivity index (χ1v) is 6.42. The Hall–Kier alpha value is -2.89. The monoisotopic (exact) mass is 283 g/mol. The summed E-state index contributed by atoms with van der Waals surface area (Å²) in [5, 5.41) is 13.2. The van der Waals surface area contributed by atoms with Gasteiger partial charge in [-0.05, 0) is 19.1 Å². The summed E-state index contributed by atoms with van der Waals surface area (Å²) in [5.41, 5.74) is 2.70. The number of fused-ring (bicyclic) bond motifs is 1. The molecule has 2 heterocycles. The number of hydrogen-bond acceptors (Lipinski definition) is 3. The van der Waals surface area contributed by atoms with Gasteiger partial charge in [-0.1, -0.05) is 23.8 Å². The zero-order valence-corrected chi connectivity index (χ0v) is 11.4. The molecule has 0 atom stereocenters. The van der Waals surface area contributed by atoms with Crippen molar-refractivity contribution in [3.8, 4) is 11.3 Å². The third-order valence-electron chi connectivity index (χ3n) is 3.22. The second kappa shape index (κ2) is 4.90. The van der Waals surface area contributed by atoms with Crippen molar-refractivity contribution in [3.05, 3.63) is 58.6 Å². The fourth-order valence-electron chi connectivity index (χ4n) is 2.24. The van der Waals surface area contributed by atoms with E-state index < -0.39 is 5.97 Å². The molecule has 0 aliphatic carbocycles. The molecule has 106 valence electrons. The number of aliphatic carboxylic acids is 1. The Kier molecular flexibility index (Phi) is 3.06. The highest BCUT2D eigenvalue weighted by Gasteiger charge is 2.10. The van der Waals surface area contributed by atoms with Gasteiger partial charge >= 0.3 is 5.97 Å². The van der Waals surface area contributed by atoms with E-state index in [0.29, 0.717) is 11.2 Å². The highest BCUT2D eigenvalue weighted by Crippen LogP contribution is 2.19. The van der Waals surface area contributed by atoms with Gasteiger partial charge in [0.25, 0.3) is 5.56 Å². The van der Waals surface area contributed by atoms with Crippen LogP contribution < -0.4 is 5.56 Å². The Morgan fingerprint density at radius 1 is 1.29 bits per heavy atom. The number of carbonyl (C=O) groups is 1. The molecule has 0 radical (unpaired) electrons. The smallest absolute Gasteiger partial charge is 0.323 e. The van der Waals surface area contributed by atoms with E-state index in [2.05, 4.69) is 5.10 Å². The number of carboxylic acid groups (broad SMARTS) is 1. The molecule has 0 bridgehead atoms. The maximum atomic E-state index is 12.2. The molecule has 0 saturated heterocycles. The van der Waals surface area contributed by atoms with Crippen molar-refractivity contribution in [2.45, 2.75) is 13.5 Å². The van der Waals surface area contributed by atoms with Crippen molar-refractivity contribution < 1.29 is 9.90 Å². The van der Waals surface area contributed by atoms with Gasteiger partial charge in [0.1, 0.15) is 12.1 Å². The van der Waals surface area contributed by atoms with Crippen LogP contribution in [0.25, 0.3) is 16.8 Å². The zero-order valence-electron chi connectivity index (χ0n) is 11.4. The molecule has 3 aromatic rings. The van der Waals surface area contributed by atoms with E-state index in [1.807, 2.05) is 31.2 Å². The first-order valence-electron chi connectivity index (χ1n) is 6.42. The third kappa shape index (κ3) is 2.43. The Bertz CT molecular complexity index is 893. The van der Waals surface area contributed by atoms with Gasteiger partial charge in [0.15, 0.2) is 0 Å². The summed E-state index contributed by atoms with van der Waals surface area (Å²) in [5.74, 6) is -1.06. The lowest BCUT2D eigenvalue weighted by Crippen LogP contribution is -2.24. The molecule has 0 aliphatic rings. The molecule has 21 heavy (non-hydrogen) atoms. The summed E-state index contributed by atoms with van der Waals surface area (Å²) in [6.45, 7) is 1.62. The van der Waals surface area contributed by atoms with Gasteiger partial charge in [-0.25, -0.2) is 4.52 Å². The number of benzene rings is 1. The maximum absolute atomic E-state index is 12.2. The summed E-state index contributed by atoms with van der Waals surface area (Å²) in [6.07, 6.45) is 3.01. The van der Waals surface area contributed by atoms with E-state index in [4.69, 9.17) is 5.11 Å². The first-order chi connectivity index (χ1) is 10.0. The van der Waals surface area contributed by atoms with E-state index in [-0.39, 0.29) is 12.1 Å². The average molecular weight is 283 g/mol. The number of aryl methyl sites for hydroxylation is 1. The van der Waals surface area contributed by atoms with E-state index in [0.717, 1.165) is 15.7 Å². The molecule has 2 aromatic heterocycles. The van der Waals surface area contributed by atoms with Crippen molar-refractivity contribution >= 4 is 11.5 Å². The molecule has 3 rings (SSSR count). The number of rotatable bonds is 3. The molecule has 1 N–H and O–H groups in total. The fourth-order valence-corrected chi connectivity index (χ4v) is 2.24. The molecular formula is C15H13N3O3. The minimum absolute atomic E-state index is 0.357. The Morgan fingerprint density at radius 2 is 2.10 bits per heavy atom. The molecule has 0 amide bonds. The Labute approximate surface area is 119 Å². The first kappa shape index (κ1) is 13.1. The van der Waals surface area contributed by atoms with Crippen LogP contribution in [0.2, 0.25) is 0 Å². The standard InChI is InChI=1S/C15H13N3O3/c1-10-3-2-4-11(7-10)12-8-13-15(21)17(9-14(19)20)5-6-18(13)16-12/h2-8H,9H2,1H3,(H,19,20). The molecule has 0 unspecified atom stereocenters. The molecule has 1 aromatic carbocycles. The van der Waals surface area contributed by atoms with Gasteiger partial charge in [-0.3, -0.25) is 9.59 Å². The van der Waals surface area contributed by atoms with Crippen molar-refractivity contribution in [3.63, 3.8) is 0 Å². The van der Waals surface area contributed by atoms with E-state index in [1.165, 1.54) is 10.7 Å². The van der Waals surface area contributed by atoms with Crippen molar-refractivity contribution in [1.82, 2.24) is 14.2 Å². The predicted octanol–water partition coefficient (Wildman–Crippen LogP) is 1.56. The fraction of sp³-hybridized carbons (Fsp3) is 0.133. The number of hydrogen-bond donors (Lipinski definition) is 1. The molecule has 6 nitrogen and oxygen atoms in total. The normalized spacial score (nSPS) is 10.9. The van der Waals surface area contributed by atoms with Crippen molar-refractivity contribution in [2.75, 3.05) is 0 Å². The SMILES string of the molecule is Cc1cccc(-c2cc3c(=O)n(CC(=O)O)ccn3n2)c1. The highest BCUT2D eigenvalue weighted by atomic mass is 16.4. The minimum Gasteiger partial charge on any atom is -0.480 e. The summed E-state index contributed by atoms with van der Waals surface area (Å²) in [6, 6.07) is 9.49. The predicted molar refractivity (Wildman–Crippen MR) is 77.3 cm³/mol. The van der Waals surface area contributed by atoms with Gasteiger partial charge in [0, 0.05) is 18.0 Å². The quantitative estimate of drug-likeness (QED) is 0.791. The molecule has 0 fully saturated rings. The van der Waals surface area contributed by atoms with E-state index >= 15 is 0 Å². The molecule has 0 aliphatic heterocycles. The number of aromatic nitrogens is 3. The van der Waals surface area contributed by atoms with Crippen LogP contribution in [0.3, 0.4) is 0 Å². The van der Waals surface area contributed by atoms with Crippen molar-refractivity contribution in [2.24, 2.45) is 0 Å². The lowest BCUT2D eigenvalue weighted by Gasteiger charge is -2.01. The molecule has 6 heteroatoms. The van der Waals surface area contributed by atoms with Gasteiger partial charge in [-0.2, -0.15) is 5.10 Å². The van der Waals surface area contributed by atoms with Gasteiger partial charge in [-0.15, -0.1) is 0 Å². The van der Waals surface area contributed by atoms with Crippen LogP contribution >= 0.6 is 0 Å². The molecular weight excluding hydrogens is 270 g/mol. The Morgan fingerprint density at radius 3 is 2.81 bits per heavy atom. The van der Waals surface area contributed by atoms with Crippen LogP contribution in [0.4, 0.5) is 0 Å². The van der Waals surface area contributed by atoms with Crippen LogP contribution in [0.5, 0.6) is 0 Å². The van der Waals surface area contributed by atoms with Crippen LogP contribution in [-0.2, 0) is 11.3 Å². The van der Waals surface area contributed by atoms with Crippen LogP contribution in [0.1, 0.15) is 5.56 Å². The van der Waals surface area contributed by atoms with Crippen molar-refractivity contribution in [1.29, 1.82) is 0 Å². The van der Waals surface area contributed by atoms with Crippen LogP contribution in [0.15, 0.2) is 47.5 Å². The Balaban J connectivity index is 2.14. The second-order valence-corrected chi connectivity index (χ2v) is 4.85. The van der Waals surface area contributed by atoms with E-state index in [1.54, 1.807) is 12.3 Å². The van der Waals surface area contributed by atoms with Gasteiger partial charge in [0.05, 0.1) is 5.69 Å². The topological polar surface area (TPSA) is 76.6 Å². The third-order valence-corrected chi connectivity index (χ3v) is 3.22. The number of carboxylic acids is 1. The summed E-state index contributed by atoms with van der Waals surface area (Å²) >= 11 is 0. The maximum Gasteiger partial charge on any atom is 0.323 e. The summed E-state index contributed by atoms with van der Waals surface area (Å²) < 4.78 is 2.62. The average Bonchev–Trinajstić information content (AvgIpc) is 2.86. The second-order valence-electron chi connectivity index (χ2n) is 4.85. The summed E-state index contributed by atoms with van der Waals surface area (Å²) in [7, 11) is 0. The number of nitrogens with zero attached hydrogens (tertiary/aromatic N) is 3. The van der Waals surface area contributed by atoms with Crippen LogP contribution in [0, 0.1) is 6.92 Å². The minimum atomic E-state index is -1.06. The largest absolute Gasteiger partial charge is 0.480 e. The zero-order chi connectivity index (χ0) is 15.0. The van der Waals surface area contributed by atoms with Crippen LogP contribution in [-0.4, -0.2) is 25.3 Å².